The molecule has 3 rings (SSSR count). The average molecular weight is 385 g/mol. The number of thioether (sulfide) groups is 1. The number of amides is 1. The maximum atomic E-state index is 12.7. The lowest BCUT2D eigenvalue weighted by Crippen LogP contribution is -2.27. The first kappa shape index (κ1) is 18.2. The highest BCUT2D eigenvalue weighted by molar-refractivity contribution is 8.27. The molecule has 1 fully saturated rings. The Kier molecular flexibility index (Phi) is 5.39. The fourth-order valence-corrected chi connectivity index (χ4v) is 3.72. The second kappa shape index (κ2) is 7.72. The van der Waals surface area contributed by atoms with Crippen LogP contribution in [0, 0.1) is 0 Å². The van der Waals surface area contributed by atoms with E-state index in [1.54, 1.807) is 42.5 Å². The number of rotatable bonds is 5. The Labute approximate surface area is 160 Å². The molecule has 1 amide bonds. The number of hydrogen-bond acceptors (Lipinski definition) is 5. The minimum atomic E-state index is -0.988. The van der Waals surface area contributed by atoms with Crippen LogP contribution in [-0.4, -0.2) is 27.9 Å². The second-order valence-corrected chi connectivity index (χ2v) is 7.05. The SMILES string of the molecule is CCOc1ccc(N2C(=O)/C(=C/c3ccc(C(=O)O)cc3)SC2=S)cc1. The minimum absolute atomic E-state index is 0.198. The summed E-state index contributed by atoms with van der Waals surface area (Å²) in [5, 5.41) is 8.94. The molecule has 0 bridgehead atoms. The third-order valence-corrected chi connectivity index (χ3v) is 4.96. The van der Waals surface area contributed by atoms with E-state index in [0.717, 1.165) is 11.3 Å². The molecule has 1 aliphatic rings. The van der Waals surface area contributed by atoms with E-state index in [4.69, 9.17) is 22.1 Å². The maximum Gasteiger partial charge on any atom is 0.335 e. The molecule has 0 unspecified atom stereocenters. The fraction of sp³-hybridized carbons (Fsp3) is 0.105. The molecule has 1 aliphatic heterocycles. The van der Waals surface area contributed by atoms with Gasteiger partial charge in [0.1, 0.15) is 5.75 Å². The van der Waals surface area contributed by atoms with Crippen LogP contribution in [0.25, 0.3) is 6.08 Å². The monoisotopic (exact) mass is 385 g/mol. The highest BCUT2D eigenvalue weighted by Gasteiger charge is 2.33. The first-order chi connectivity index (χ1) is 12.5. The number of ether oxygens (including phenoxy) is 1. The number of anilines is 1. The van der Waals surface area contributed by atoms with Crippen molar-refractivity contribution in [2.45, 2.75) is 6.92 Å². The van der Waals surface area contributed by atoms with E-state index in [1.165, 1.54) is 28.8 Å². The van der Waals surface area contributed by atoms with Gasteiger partial charge in [-0.2, -0.15) is 0 Å². The van der Waals surface area contributed by atoms with Crippen molar-refractivity contribution >= 4 is 51.9 Å². The van der Waals surface area contributed by atoms with Gasteiger partial charge in [-0.25, -0.2) is 4.79 Å². The number of carboxylic acid groups (broad SMARTS) is 1. The molecule has 2 aromatic rings. The summed E-state index contributed by atoms with van der Waals surface area (Å²) in [6.45, 7) is 2.48. The number of aromatic carboxylic acids is 1. The highest BCUT2D eigenvalue weighted by atomic mass is 32.2. The van der Waals surface area contributed by atoms with Crippen LogP contribution in [0.3, 0.4) is 0 Å². The maximum absolute atomic E-state index is 12.7. The van der Waals surface area contributed by atoms with E-state index in [2.05, 4.69) is 0 Å². The number of carbonyl (C=O) groups excluding carboxylic acids is 1. The normalized spacial score (nSPS) is 15.6. The summed E-state index contributed by atoms with van der Waals surface area (Å²) in [5.74, 6) is -0.458. The number of nitrogens with zero attached hydrogens (tertiary/aromatic N) is 1. The largest absolute Gasteiger partial charge is 0.494 e. The Balaban J connectivity index is 1.82. The molecule has 0 aliphatic carbocycles. The van der Waals surface area contributed by atoms with Gasteiger partial charge in [-0.1, -0.05) is 36.1 Å². The van der Waals surface area contributed by atoms with Crippen LogP contribution in [0.1, 0.15) is 22.8 Å². The molecule has 1 heterocycles. The molecule has 5 nitrogen and oxygen atoms in total. The summed E-state index contributed by atoms with van der Waals surface area (Å²) in [6, 6.07) is 13.5. The summed E-state index contributed by atoms with van der Waals surface area (Å²) < 4.78 is 5.86. The topological polar surface area (TPSA) is 66.8 Å². The molecule has 0 atom stereocenters. The van der Waals surface area contributed by atoms with Crippen molar-refractivity contribution in [3.8, 4) is 5.75 Å². The lowest BCUT2D eigenvalue weighted by molar-refractivity contribution is -0.113. The van der Waals surface area contributed by atoms with E-state index in [0.29, 0.717) is 21.5 Å². The van der Waals surface area contributed by atoms with Crippen LogP contribution in [0.15, 0.2) is 53.4 Å². The van der Waals surface area contributed by atoms with Crippen molar-refractivity contribution in [2.24, 2.45) is 0 Å². The fourth-order valence-electron chi connectivity index (χ4n) is 2.42. The number of thiocarbonyl (C=S) groups is 1. The van der Waals surface area contributed by atoms with Crippen LogP contribution in [0.4, 0.5) is 5.69 Å². The van der Waals surface area contributed by atoms with Crippen molar-refractivity contribution in [2.75, 3.05) is 11.5 Å². The summed E-state index contributed by atoms with van der Waals surface area (Å²) in [7, 11) is 0. The van der Waals surface area contributed by atoms with Gasteiger partial charge >= 0.3 is 5.97 Å². The number of benzene rings is 2. The van der Waals surface area contributed by atoms with Crippen molar-refractivity contribution in [1.29, 1.82) is 0 Å². The van der Waals surface area contributed by atoms with Gasteiger partial charge in [0.15, 0.2) is 4.32 Å². The van der Waals surface area contributed by atoms with Gasteiger partial charge in [0.2, 0.25) is 0 Å². The van der Waals surface area contributed by atoms with E-state index in [9.17, 15) is 9.59 Å². The summed E-state index contributed by atoms with van der Waals surface area (Å²) in [5.41, 5.74) is 1.62. The third kappa shape index (κ3) is 3.79. The predicted molar refractivity (Wildman–Crippen MR) is 107 cm³/mol. The van der Waals surface area contributed by atoms with Crippen LogP contribution < -0.4 is 9.64 Å². The second-order valence-electron chi connectivity index (χ2n) is 5.37. The van der Waals surface area contributed by atoms with E-state index >= 15 is 0 Å². The molecule has 7 heteroatoms. The lowest BCUT2D eigenvalue weighted by atomic mass is 10.1. The molecule has 0 spiro atoms. The Bertz CT molecular complexity index is 889. The van der Waals surface area contributed by atoms with Crippen molar-refractivity contribution in [3.05, 3.63) is 64.6 Å². The molecular weight excluding hydrogens is 370 g/mol. The summed E-state index contributed by atoms with van der Waals surface area (Å²) in [4.78, 5) is 25.6. The zero-order valence-corrected chi connectivity index (χ0v) is 15.5. The van der Waals surface area contributed by atoms with E-state index in [1.807, 2.05) is 6.92 Å². The van der Waals surface area contributed by atoms with Gasteiger partial charge in [-0.15, -0.1) is 0 Å². The van der Waals surface area contributed by atoms with Crippen molar-refractivity contribution in [3.63, 3.8) is 0 Å². The Morgan fingerprint density at radius 3 is 2.42 bits per heavy atom. The molecule has 1 saturated heterocycles. The Morgan fingerprint density at radius 1 is 1.19 bits per heavy atom. The first-order valence-corrected chi connectivity index (χ1v) is 9.06. The lowest BCUT2D eigenvalue weighted by Gasteiger charge is -2.15. The highest BCUT2D eigenvalue weighted by Crippen LogP contribution is 2.36. The van der Waals surface area contributed by atoms with Gasteiger partial charge < -0.3 is 9.84 Å². The standard InChI is InChI=1S/C19H15NO4S2/c1-2-24-15-9-7-14(8-10-15)20-17(21)16(26-19(20)25)11-12-3-5-13(6-4-12)18(22)23/h3-11H,2H2,1H3,(H,22,23)/b16-11-. The number of carbonyl (C=O) groups is 2. The van der Waals surface area contributed by atoms with E-state index < -0.39 is 5.97 Å². The first-order valence-electron chi connectivity index (χ1n) is 7.84. The van der Waals surface area contributed by atoms with Gasteiger partial charge in [-0.3, -0.25) is 9.69 Å². The molecule has 0 aromatic heterocycles. The van der Waals surface area contributed by atoms with Crippen molar-refractivity contribution in [1.82, 2.24) is 0 Å². The molecule has 1 N–H and O–H groups in total. The number of carboxylic acids is 1. The van der Waals surface area contributed by atoms with Gasteiger partial charge in [0, 0.05) is 0 Å². The van der Waals surface area contributed by atoms with Crippen LogP contribution in [0.2, 0.25) is 0 Å². The van der Waals surface area contributed by atoms with Crippen molar-refractivity contribution < 1.29 is 19.4 Å². The van der Waals surface area contributed by atoms with Crippen LogP contribution in [0.5, 0.6) is 5.75 Å². The molecule has 0 radical (unpaired) electrons. The predicted octanol–water partition coefficient (Wildman–Crippen LogP) is 4.19. The molecule has 132 valence electrons. The van der Waals surface area contributed by atoms with Crippen LogP contribution >= 0.6 is 24.0 Å². The summed E-state index contributed by atoms with van der Waals surface area (Å²) in [6.07, 6.45) is 1.71. The summed E-state index contributed by atoms with van der Waals surface area (Å²) >= 11 is 6.57. The van der Waals surface area contributed by atoms with Gasteiger partial charge in [-0.05, 0) is 55.0 Å². The Hall–Kier alpha value is -2.64. The number of hydrogen-bond donors (Lipinski definition) is 1. The quantitative estimate of drug-likeness (QED) is 0.615. The smallest absolute Gasteiger partial charge is 0.335 e. The molecule has 0 saturated carbocycles. The van der Waals surface area contributed by atoms with Gasteiger partial charge in [0.05, 0.1) is 22.8 Å². The zero-order valence-electron chi connectivity index (χ0n) is 13.8. The zero-order chi connectivity index (χ0) is 18.7. The molecule has 26 heavy (non-hydrogen) atoms. The Morgan fingerprint density at radius 2 is 1.85 bits per heavy atom. The molecule has 2 aromatic carbocycles. The van der Waals surface area contributed by atoms with E-state index in [-0.39, 0.29) is 11.5 Å². The third-order valence-electron chi connectivity index (χ3n) is 3.66. The average Bonchev–Trinajstić information content (AvgIpc) is 2.90. The minimum Gasteiger partial charge on any atom is -0.494 e. The molecular formula is C19H15NO4S2. The van der Waals surface area contributed by atoms with Gasteiger partial charge in [0.25, 0.3) is 5.91 Å². The van der Waals surface area contributed by atoms with Crippen LogP contribution in [-0.2, 0) is 4.79 Å².